The normalized spacial score (nSPS) is 13.2. The lowest BCUT2D eigenvalue weighted by Crippen LogP contribution is -2.28. The second-order valence-corrected chi connectivity index (χ2v) is 4.93. The van der Waals surface area contributed by atoms with Crippen LogP contribution in [0.1, 0.15) is 25.8 Å². The van der Waals surface area contributed by atoms with Gasteiger partial charge in [0.25, 0.3) is 0 Å². The van der Waals surface area contributed by atoms with Gasteiger partial charge in [0.1, 0.15) is 12.4 Å². The number of benzene rings is 1. The van der Waals surface area contributed by atoms with Gasteiger partial charge in [-0.25, -0.2) is 0 Å². The Labute approximate surface area is 123 Å². The summed E-state index contributed by atoms with van der Waals surface area (Å²) in [6.07, 6.45) is -2.34. The molecule has 0 fully saturated rings. The molecule has 1 rings (SSSR count). The third kappa shape index (κ3) is 8.57. The van der Waals surface area contributed by atoms with Gasteiger partial charge in [-0.15, -0.1) is 0 Å². The van der Waals surface area contributed by atoms with Crippen LogP contribution in [0.15, 0.2) is 24.3 Å². The van der Waals surface area contributed by atoms with Gasteiger partial charge in [0, 0.05) is 6.04 Å². The Bertz CT molecular complexity index is 393. The van der Waals surface area contributed by atoms with E-state index in [9.17, 15) is 13.2 Å². The maximum Gasteiger partial charge on any atom is 0.411 e. The van der Waals surface area contributed by atoms with Gasteiger partial charge in [-0.1, -0.05) is 19.1 Å². The molecule has 0 spiro atoms. The number of nitrogens with one attached hydrogen (secondary N) is 1. The molecular formula is C15H22F3NO2. The molecule has 6 heteroatoms. The second-order valence-electron chi connectivity index (χ2n) is 4.93. The molecule has 0 aromatic heterocycles. The van der Waals surface area contributed by atoms with Gasteiger partial charge in [-0.3, -0.25) is 0 Å². The minimum atomic E-state index is -4.32. The van der Waals surface area contributed by atoms with Gasteiger partial charge in [-0.2, -0.15) is 13.2 Å². The van der Waals surface area contributed by atoms with Gasteiger partial charge in [-0.05, 0) is 44.0 Å². The van der Waals surface area contributed by atoms with Gasteiger partial charge in [0.05, 0.1) is 0 Å². The lowest BCUT2D eigenvalue weighted by atomic mass is 10.1. The number of hydrogen-bond acceptors (Lipinski definition) is 3. The first-order valence-corrected chi connectivity index (χ1v) is 7.00. The first kappa shape index (κ1) is 17.8. The van der Waals surface area contributed by atoms with Crippen molar-refractivity contribution in [2.75, 3.05) is 19.9 Å². The Morgan fingerprint density at radius 3 is 2.43 bits per heavy atom. The summed E-state index contributed by atoms with van der Waals surface area (Å²) in [5, 5.41) is 3.39. The van der Waals surface area contributed by atoms with Crippen molar-refractivity contribution < 1.29 is 22.6 Å². The fraction of sp³-hybridized carbons (Fsp3) is 0.600. The Morgan fingerprint density at radius 2 is 1.86 bits per heavy atom. The highest BCUT2D eigenvalue weighted by molar-refractivity contribution is 5.27. The topological polar surface area (TPSA) is 30.5 Å². The van der Waals surface area contributed by atoms with Crippen molar-refractivity contribution in [3.8, 4) is 5.75 Å². The summed E-state index contributed by atoms with van der Waals surface area (Å²) in [6.45, 7) is 3.51. The van der Waals surface area contributed by atoms with E-state index < -0.39 is 19.6 Å². The molecule has 1 N–H and O–H groups in total. The quantitative estimate of drug-likeness (QED) is 0.559. The summed E-state index contributed by atoms with van der Waals surface area (Å²) in [5.41, 5.74) is 1.15. The predicted octanol–water partition coefficient (Wildman–Crippen LogP) is 3.53. The van der Waals surface area contributed by atoms with Gasteiger partial charge in [0.2, 0.25) is 0 Å². The van der Waals surface area contributed by atoms with Crippen molar-refractivity contribution in [2.24, 2.45) is 0 Å². The summed E-state index contributed by atoms with van der Waals surface area (Å²) in [6, 6.07) is 7.66. The van der Waals surface area contributed by atoms with Crippen LogP contribution in [-0.4, -0.2) is 32.2 Å². The van der Waals surface area contributed by atoms with Crippen LogP contribution in [0.4, 0.5) is 13.2 Å². The van der Waals surface area contributed by atoms with E-state index in [0.29, 0.717) is 11.8 Å². The number of alkyl halides is 3. The molecule has 0 saturated carbocycles. The molecule has 1 atom stereocenters. The SMILES string of the molecule is CCCNC(C)Cc1ccc(OCOCC(F)(F)F)cc1. The van der Waals surface area contributed by atoms with Crippen LogP contribution in [-0.2, 0) is 11.2 Å². The number of rotatable bonds is 9. The Balaban J connectivity index is 2.30. The zero-order chi connectivity index (χ0) is 15.7. The molecule has 0 bridgehead atoms. The number of halogens is 3. The molecular weight excluding hydrogens is 283 g/mol. The standard InChI is InChI=1S/C15H22F3NO2/c1-3-8-19-12(2)9-13-4-6-14(7-5-13)21-11-20-10-15(16,17)18/h4-7,12,19H,3,8-11H2,1-2H3. The molecule has 0 amide bonds. The van der Waals surface area contributed by atoms with Crippen LogP contribution >= 0.6 is 0 Å². The van der Waals surface area contributed by atoms with Gasteiger partial charge in [0.15, 0.2) is 6.79 Å². The molecule has 120 valence electrons. The lowest BCUT2D eigenvalue weighted by molar-refractivity contribution is -0.186. The first-order valence-electron chi connectivity index (χ1n) is 7.00. The average Bonchev–Trinajstić information content (AvgIpc) is 2.42. The smallest absolute Gasteiger partial charge is 0.411 e. The fourth-order valence-electron chi connectivity index (χ4n) is 1.81. The lowest BCUT2D eigenvalue weighted by Gasteiger charge is -2.13. The van der Waals surface area contributed by atoms with Crippen molar-refractivity contribution >= 4 is 0 Å². The molecule has 0 radical (unpaired) electrons. The highest BCUT2D eigenvalue weighted by Gasteiger charge is 2.27. The van der Waals surface area contributed by atoms with Crippen LogP contribution in [0, 0.1) is 0 Å². The van der Waals surface area contributed by atoms with E-state index in [1.165, 1.54) is 0 Å². The molecule has 1 unspecified atom stereocenters. The third-order valence-electron chi connectivity index (χ3n) is 2.78. The van der Waals surface area contributed by atoms with Crippen LogP contribution in [0.25, 0.3) is 0 Å². The van der Waals surface area contributed by atoms with E-state index in [2.05, 4.69) is 23.9 Å². The molecule has 0 aliphatic rings. The monoisotopic (exact) mass is 305 g/mol. The van der Waals surface area contributed by atoms with Crippen LogP contribution in [0.5, 0.6) is 5.75 Å². The summed E-state index contributed by atoms with van der Waals surface area (Å²) in [4.78, 5) is 0. The molecule has 0 aliphatic carbocycles. The maximum atomic E-state index is 11.9. The molecule has 3 nitrogen and oxygen atoms in total. The van der Waals surface area contributed by atoms with Crippen molar-refractivity contribution in [1.29, 1.82) is 0 Å². The summed E-state index contributed by atoms with van der Waals surface area (Å²) >= 11 is 0. The van der Waals surface area contributed by atoms with Crippen molar-refractivity contribution in [1.82, 2.24) is 5.32 Å². The molecule has 1 aromatic rings. The zero-order valence-electron chi connectivity index (χ0n) is 12.4. The third-order valence-corrected chi connectivity index (χ3v) is 2.78. The number of hydrogen-bond donors (Lipinski definition) is 1. The van der Waals surface area contributed by atoms with Crippen LogP contribution < -0.4 is 10.1 Å². The minimum absolute atomic E-state index is 0.381. The van der Waals surface area contributed by atoms with E-state index in [-0.39, 0.29) is 0 Å². The van der Waals surface area contributed by atoms with E-state index in [4.69, 9.17) is 4.74 Å². The summed E-state index contributed by atoms with van der Waals surface area (Å²) in [5.74, 6) is 0.495. The summed E-state index contributed by atoms with van der Waals surface area (Å²) < 4.78 is 45.0. The van der Waals surface area contributed by atoms with E-state index in [1.54, 1.807) is 12.1 Å². The van der Waals surface area contributed by atoms with Crippen molar-refractivity contribution in [2.45, 2.75) is 38.9 Å². The summed E-state index contributed by atoms with van der Waals surface area (Å²) in [7, 11) is 0. The molecule has 1 aromatic carbocycles. The molecule has 21 heavy (non-hydrogen) atoms. The van der Waals surface area contributed by atoms with E-state index in [1.807, 2.05) is 12.1 Å². The fourth-order valence-corrected chi connectivity index (χ4v) is 1.81. The van der Waals surface area contributed by atoms with Crippen LogP contribution in [0.3, 0.4) is 0 Å². The van der Waals surface area contributed by atoms with E-state index in [0.717, 1.165) is 24.9 Å². The molecule has 0 saturated heterocycles. The zero-order valence-corrected chi connectivity index (χ0v) is 12.4. The highest BCUT2D eigenvalue weighted by Crippen LogP contribution is 2.16. The predicted molar refractivity (Wildman–Crippen MR) is 75.4 cm³/mol. The van der Waals surface area contributed by atoms with Gasteiger partial charge < -0.3 is 14.8 Å². The van der Waals surface area contributed by atoms with Gasteiger partial charge >= 0.3 is 6.18 Å². The van der Waals surface area contributed by atoms with Crippen molar-refractivity contribution in [3.63, 3.8) is 0 Å². The Hall–Kier alpha value is -1.27. The maximum absolute atomic E-state index is 11.9. The highest BCUT2D eigenvalue weighted by atomic mass is 19.4. The average molecular weight is 305 g/mol. The first-order chi connectivity index (χ1) is 9.90. The Morgan fingerprint density at radius 1 is 1.19 bits per heavy atom. The largest absolute Gasteiger partial charge is 0.468 e. The Kier molecular flexibility index (Phi) is 7.53. The second kappa shape index (κ2) is 8.89. The van der Waals surface area contributed by atoms with Crippen LogP contribution in [0.2, 0.25) is 0 Å². The van der Waals surface area contributed by atoms with Crippen molar-refractivity contribution in [3.05, 3.63) is 29.8 Å². The number of ether oxygens (including phenoxy) is 2. The minimum Gasteiger partial charge on any atom is -0.468 e. The molecule has 0 aliphatic heterocycles. The van der Waals surface area contributed by atoms with E-state index >= 15 is 0 Å². The molecule has 0 heterocycles.